The summed E-state index contributed by atoms with van der Waals surface area (Å²) in [5.74, 6) is 0.279. The van der Waals surface area contributed by atoms with E-state index in [1.165, 1.54) is 0 Å². The zero-order valence-corrected chi connectivity index (χ0v) is 6.17. The zero-order chi connectivity index (χ0) is 7.56. The first-order valence-corrected chi connectivity index (χ1v) is 3.39. The lowest BCUT2D eigenvalue weighted by molar-refractivity contribution is 0.968. The SMILES string of the molecule is [CH2]C(C)c1ccccc1N. The van der Waals surface area contributed by atoms with Gasteiger partial charge in [0.25, 0.3) is 0 Å². The predicted molar refractivity (Wildman–Crippen MR) is 44.6 cm³/mol. The molecule has 1 unspecified atom stereocenters. The smallest absolute Gasteiger partial charge is 0.0349 e. The molecule has 1 nitrogen and oxygen atoms in total. The number of hydrogen-bond acceptors (Lipinski definition) is 1. The van der Waals surface area contributed by atoms with E-state index in [0.29, 0.717) is 0 Å². The summed E-state index contributed by atoms with van der Waals surface area (Å²) in [6.45, 7) is 5.92. The van der Waals surface area contributed by atoms with Gasteiger partial charge in [-0.25, -0.2) is 0 Å². The molecule has 1 radical (unpaired) electrons. The van der Waals surface area contributed by atoms with E-state index in [1.54, 1.807) is 0 Å². The van der Waals surface area contributed by atoms with Gasteiger partial charge in [-0.3, -0.25) is 0 Å². The molecular weight excluding hydrogens is 122 g/mol. The second-order valence-electron chi connectivity index (χ2n) is 2.53. The highest BCUT2D eigenvalue weighted by Gasteiger charge is 2.00. The van der Waals surface area contributed by atoms with Crippen LogP contribution in [0.5, 0.6) is 0 Å². The Bertz CT molecular complexity index is 216. The molecule has 0 heterocycles. The molecule has 0 aliphatic heterocycles. The minimum absolute atomic E-state index is 0.279. The van der Waals surface area contributed by atoms with Crippen molar-refractivity contribution in [3.63, 3.8) is 0 Å². The van der Waals surface area contributed by atoms with Gasteiger partial charge in [-0.15, -0.1) is 0 Å². The molecule has 0 fully saturated rings. The van der Waals surface area contributed by atoms with Crippen molar-refractivity contribution in [2.75, 3.05) is 5.73 Å². The van der Waals surface area contributed by atoms with Gasteiger partial charge in [-0.05, 0) is 24.5 Å². The molecule has 0 bridgehead atoms. The molecule has 1 heteroatoms. The van der Waals surface area contributed by atoms with Gasteiger partial charge in [0.05, 0.1) is 0 Å². The molecule has 0 spiro atoms. The third-order valence-electron chi connectivity index (χ3n) is 1.53. The van der Waals surface area contributed by atoms with Crippen LogP contribution in [0.1, 0.15) is 18.4 Å². The summed E-state index contributed by atoms with van der Waals surface area (Å²) in [4.78, 5) is 0. The Morgan fingerprint density at radius 3 is 2.40 bits per heavy atom. The summed E-state index contributed by atoms with van der Waals surface area (Å²) < 4.78 is 0. The fourth-order valence-corrected chi connectivity index (χ4v) is 0.960. The van der Waals surface area contributed by atoms with E-state index in [-0.39, 0.29) is 5.92 Å². The highest BCUT2D eigenvalue weighted by Crippen LogP contribution is 2.19. The summed E-state index contributed by atoms with van der Waals surface area (Å²) in [6.07, 6.45) is 0. The lowest BCUT2D eigenvalue weighted by atomic mass is 10.0. The first kappa shape index (κ1) is 7.13. The maximum atomic E-state index is 5.68. The summed E-state index contributed by atoms with van der Waals surface area (Å²) in [7, 11) is 0. The molecule has 0 saturated carbocycles. The van der Waals surface area contributed by atoms with Gasteiger partial charge < -0.3 is 5.73 Å². The van der Waals surface area contributed by atoms with E-state index in [9.17, 15) is 0 Å². The average molecular weight is 134 g/mol. The van der Waals surface area contributed by atoms with Crippen LogP contribution < -0.4 is 5.73 Å². The molecule has 2 N–H and O–H groups in total. The molecular formula is C9H12N. The number of hydrogen-bond donors (Lipinski definition) is 1. The normalized spacial score (nSPS) is 10.3. The molecule has 0 aliphatic rings. The molecule has 1 aromatic carbocycles. The maximum absolute atomic E-state index is 5.68. The largest absolute Gasteiger partial charge is 0.398 e. The van der Waals surface area contributed by atoms with Crippen molar-refractivity contribution >= 4 is 5.69 Å². The average Bonchev–Trinajstić information content (AvgIpc) is 1.88. The van der Waals surface area contributed by atoms with Gasteiger partial charge in [0.2, 0.25) is 0 Å². The van der Waals surface area contributed by atoms with E-state index >= 15 is 0 Å². The van der Waals surface area contributed by atoms with Crippen molar-refractivity contribution in [3.8, 4) is 0 Å². The highest BCUT2D eigenvalue weighted by molar-refractivity contribution is 5.48. The Hall–Kier alpha value is -0.980. The highest BCUT2D eigenvalue weighted by atomic mass is 14.6. The second kappa shape index (κ2) is 2.74. The van der Waals surface area contributed by atoms with Crippen LogP contribution in [0.3, 0.4) is 0 Å². The van der Waals surface area contributed by atoms with E-state index in [0.717, 1.165) is 11.3 Å². The molecule has 1 aromatic rings. The van der Waals surface area contributed by atoms with E-state index < -0.39 is 0 Å². The van der Waals surface area contributed by atoms with E-state index in [2.05, 4.69) is 6.92 Å². The number of rotatable bonds is 1. The summed E-state index contributed by atoms with van der Waals surface area (Å²) in [6, 6.07) is 7.82. The van der Waals surface area contributed by atoms with Crippen LogP contribution >= 0.6 is 0 Å². The molecule has 0 amide bonds. The minimum Gasteiger partial charge on any atom is -0.398 e. The van der Waals surface area contributed by atoms with Crippen LogP contribution in [0.15, 0.2) is 24.3 Å². The maximum Gasteiger partial charge on any atom is 0.0349 e. The van der Waals surface area contributed by atoms with Crippen LogP contribution in [0, 0.1) is 6.92 Å². The molecule has 1 atom stereocenters. The van der Waals surface area contributed by atoms with Crippen LogP contribution in [-0.2, 0) is 0 Å². The summed E-state index contributed by atoms with van der Waals surface area (Å²) in [5, 5.41) is 0. The monoisotopic (exact) mass is 134 g/mol. The Kier molecular flexibility index (Phi) is 1.95. The van der Waals surface area contributed by atoms with Crippen molar-refractivity contribution in [2.24, 2.45) is 0 Å². The van der Waals surface area contributed by atoms with E-state index in [1.807, 2.05) is 31.2 Å². The third kappa shape index (κ3) is 1.29. The number of nitrogens with two attached hydrogens (primary N) is 1. The van der Waals surface area contributed by atoms with Gasteiger partial charge in [-0.1, -0.05) is 25.1 Å². The minimum atomic E-state index is 0.279. The first-order chi connectivity index (χ1) is 4.72. The third-order valence-corrected chi connectivity index (χ3v) is 1.53. The molecule has 10 heavy (non-hydrogen) atoms. The van der Waals surface area contributed by atoms with E-state index in [4.69, 9.17) is 5.73 Å². The van der Waals surface area contributed by atoms with Crippen LogP contribution in [0.2, 0.25) is 0 Å². The van der Waals surface area contributed by atoms with Crippen molar-refractivity contribution in [1.29, 1.82) is 0 Å². The van der Waals surface area contributed by atoms with Crippen LogP contribution in [0.4, 0.5) is 5.69 Å². The van der Waals surface area contributed by atoms with Crippen molar-refractivity contribution in [3.05, 3.63) is 36.8 Å². The quantitative estimate of drug-likeness (QED) is 0.585. The number of anilines is 1. The molecule has 0 saturated heterocycles. The number of para-hydroxylation sites is 1. The first-order valence-electron chi connectivity index (χ1n) is 3.39. The fraction of sp³-hybridized carbons (Fsp3) is 0.222. The van der Waals surface area contributed by atoms with Crippen molar-refractivity contribution in [2.45, 2.75) is 12.8 Å². The van der Waals surface area contributed by atoms with Gasteiger partial charge >= 0.3 is 0 Å². The zero-order valence-electron chi connectivity index (χ0n) is 6.17. The van der Waals surface area contributed by atoms with Gasteiger partial charge in [0, 0.05) is 5.69 Å². The predicted octanol–water partition coefficient (Wildman–Crippen LogP) is 2.21. The van der Waals surface area contributed by atoms with Crippen LogP contribution in [0.25, 0.3) is 0 Å². The van der Waals surface area contributed by atoms with Gasteiger partial charge in [-0.2, -0.15) is 0 Å². The van der Waals surface area contributed by atoms with Gasteiger partial charge in [0.15, 0.2) is 0 Å². The molecule has 0 aliphatic carbocycles. The number of benzene rings is 1. The Labute approximate surface area is 61.9 Å². The summed E-state index contributed by atoms with van der Waals surface area (Å²) >= 11 is 0. The summed E-state index contributed by atoms with van der Waals surface area (Å²) in [5.41, 5.74) is 7.65. The second-order valence-corrected chi connectivity index (χ2v) is 2.53. The standard InChI is InChI=1S/C9H12N/c1-7(2)8-5-3-4-6-9(8)10/h3-7H,1,10H2,2H3. The molecule has 1 rings (SSSR count). The Balaban J connectivity index is 3.03. The number of nitrogen functional groups attached to an aromatic ring is 1. The van der Waals surface area contributed by atoms with Crippen molar-refractivity contribution in [1.82, 2.24) is 0 Å². The van der Waals surface area contributed by atoms with Gasteiger partial charge in [0.1, 0.15) is 0 Å². The Morgan fingerprint density at radius 1 is 1.40 bits per heavy atom. The Morgan fingerprint density at radius 2 is 2.00 bits per heavy atom. The lowest BCUT2D eigenvalue weighted by Gasteiger charge is -2.06. The topological polar surface area (TPSA) is 26.0 Å². The van der Waals surface area contributed by atoms with Crippen molar-refractivity contribution < 1.29 is 0 Å². The van der Waals surface area contributed by atoms with Crippen LogP contribution in [-0.4, -0.2) is 0 Å². The lowest BCUT2D eigenvalue weighted by Crippen LogP contribution is -1.94. The molecule has 53 valence electrons. The molecule has 0 aromatic heterocycles. The fourth-order valence-electron chi connectivity index (χ4n) is 0.960.